The Bertz CT molecular complexity index is 827. The fraction of sp³-hybridized carbons (Fsp3) is 0.391. The number of rotatable bonds is 7. The second-order valence-corrected chi connectivity index (χ2v) is 7.19. The maximum absolute atomic E-state index is 12.4. The van der Waals surface area contributed by atoms with Crippen LogP contribution in [0, 0.1) is 6.92 Å². The van der Waals surface area contributed by atoms with Crippen LogP contribution < -0.4 is 14.8 Å². The maximum atomic E-state index is 12.4. The van der Waals surface area contributed by atoms with E-state index in [4.69, 9.17) is 9.47 Å². The van der Waals surface area contributed by atoms with Crippen molar-refractivity contribution < 1.29 is 19.1 Å². The Hall–Kier alpha value is -3.02. The number of amides is 2. The second kappa shape index (κ2) is 9.96. The molecule has 2 aromatic carbocycles. The molecule has 2 amide bonds. The number of carbonyl (C=O) groups excluding carboxylic acids is 2. The molecule has 154 valence electrons. The molecule has 1 aliphatic heterocycles. The van der Waals surface area contributed by atoms with Gasteiger partial charge >= 0.3 is 0 Å². The third-order valence-electron chi connectivity index (χ3n) is 4.96. The minimum Gasteiger partial charge on any atom is -0.494 e. The van der Waals surface area contributed by atoms with Crippen LogP contribution in [0.5, 0.6) is 11.5 Å². The number of hydrogen-bond acceptors (Lipinski definition) is 4. The maximum Gasteiger partial charge on any atom is 0.260 e. The molecule has 0 spiro atoms. The van der Waals surface area contributed by atoms with Crippen LogP contribution in [0.3, 0.4) is 0 Å². The van der Waals surface area contributed by atoms with Crippen molar-refractivity contribution in [1.29, 1.82) is 0 Å². The highest BCUT2D eigenvalue weighted by Gasteiger charge is 2.24. The van der Waals surface area contributed by atoms with Crippen LogP contribution in [0.1, 0.15) is 35.7 Å². The number of piperidine rings is 1. The zero-order valence-electron chi connectivity index (χ0n) is 17.0. The molecule has 0 aliphatic carbocycles. The van der Waals surface area contributed by atoms with Gasteiger partial charge in [-0.05, 0) is 63.1 Å². The number of likely N-dealkylation sites (tertiary alicyclic amines) is 1. The van der Waals surface area contributed by atoms with E-state index in [1.54, 1.807) is 17.0 Å². The summed E-state index contributed by atoms with van der Waals surface area (Å²) in [5.74, 6) is 1.32. The molecule has 0 radical (unpaired) electrons. The van der Waals surface area contributed by atoms with Crippen LogP contribution in [0.15, 0.2) is 48.5 Å². The van der Waals surface area contributed by atoms with E-state index in [9.17, 15) is 9.59 Å². The van der Waals surface area contributed by atoms with Gasteiger partial charge in [-0.25, -0.2) is 0 Å². The standard InChI is InChI=1S/C23H28N2O4/c1-3-28-20-7-9-21(10-8-20)29-16-22(26)25-13-11-19(12-14-25)24-23(27)18-6-4-5-17(2)15-18/h4-10,15,19H,3,11-14,16H2,1-2H3,(H,24,27). The number of benzene rings is 2. The Labute approximate surface area is 171 Å². The summed E-state index contributed by atoms with van der Waals surface area (Å²) in [4.78, 5) is 26.6. The fourth-order valence-corrected chi connectivity index (χ4v) is 3.36. The summed E-state index contributed by atoms with van der Waals surface area (Å²) in [7, 11) is 0. The van der Waals surface area contributed by atoms with Gasteiger partial charge in [0.25, 0.3) is 11.8 Å². The summed E-state index contributed by atoms with van der Waals surface area (Å²) in [6, 6.07) is 14.9. The average Bonchev–Trinajstić information content (AvgIpc) is 2.74. The highest BCUT2D eigenvalue weighted by molar-refractivity contribution is 5.94. The minimum atomic E-state index is -0.0580. The van der Waals surface area contributed by atoms with Crippen molar-refractivity contribution in [3.63, 3.8) is 0 Å². The predicted molar refractivity (Wildman–Crippen MR) is 111 cm³/mol. The lowest BCUT2D eigenvalue weighted by Gasteiger charge is -2.32. The van der Waals surface area contributed by atoms with Crippen LogP contribution in [0.2, 0.25) is 0 Å². The zero-order valence-corrected chi connectivity index (χ0v) is 17.0. The smallest absolute Gasteiger partial charge is 0.260 e. The van der Waals surface area contributed by atoms with Gasteiger partial charge in [-0.2, -0.15) is 0 Å². The lowest BCUT2D eigenvalue weighted by molar-refractivity contribution is -0.134. The monoisotopic (exact) mass is 396 g/mol. The molecular formula is C23H28N2O4. The first-order valence-corrected chi connectivity index (χ1v) is 10.1. The molecule has 0 aromatic heterocycles. The van der Waals surface area contributed by atoms with Gasteiger partial charge in [-0.15, -0.1) is 0 Å². The molecule has 1 saturated heterocycles. The van der Waals surface area contributed by atoms with Gasteiger partial charge in [-0.3, -0.25) is 9.59 Å². The molecular weight excluding hydrogens is 368 g/mol. The summed E-state index contributed by atoms with van der Waals surface area (Å²) in [6.07, 6.45) is 1.48. The van der Waals surface area contributed by atoms with Crippen LogP contribution in [0.4, 0.5) is 0 Å². The van der Waals surface area contributed by atoms with Crippen LogP contribution in [0.25, 0.3) is 0 Å². The van der Waals surface area contributed by atoms with Gasteiger partial charge < -0.3 is 19.7 Å². The largest absolute Gasteiger partial charge is 0.494 e. The second-order valence-electron chi connectivity index (χ2n) is 7.19. The van der Waals surface area contributed by atoms with E-state index in [1.165, 1.54) is 0 Å². The first-order chi connectivity index (χ1) is 14.0. The Balaban J connectivity index is 1.41. The van der Waals surface area contributed by atoms with E-state index in [-0.39, 0.29) is 24.5 Å². The molecule has 1 fully saturated rings. The molecule has 1 aliphatic rings. The van der Waals surface area contributed by atoms with Crippen molar-refractivity contribution in [2.75, 3.05) is 26.3 Å². The van der Waals surface area contributed by atoms with Crippen molar-refractivity contribution in [2.45, 2.75) is 32.7 Å². The van der Waals surface area contributed by atoms with E-state index in [0.717, 1.165) is 24.2 Å². The third-order valence-corrected chi connectivity index (χ3v) is 4.96. The molecule has 29 heavy (non-hydrogen) atoms. The van der Waals surface area contributed by atoms with Crippen LogP contribution >= 0.6 is 0 Å². The third kappa shape index (κ3) is 5.98. The molecule has 6 heteroatoms. The zero-order chi connectivity index (χ0) is 20.6. The lowest BCUT2D eigenvalue weighted by Crippen LogP contribution is -2.47. The molecule has 0 atom stereocenters. The number of nitrogens with one attached hydrogen (secondary N) is 1. The number of nitrogens with zero attached hydrogens (tertiary/aromatic N) is 1. The molecule has 0 saturated carbocycles. The van der Waals surface area contributed by atoms with Gasteiger partial charge in [0.05, 0.1) is 6.61 Å². The summed E-state index contributed by atoms with van der Waals surface area (Å²) < 4.78 is 11.0. The van der Waals surface area contributed by atoms with Gasteiger partial charge in [0.1, 0.15) is 11.5 Å². The number of ether oxygens (including phenoxy) is 2. The van der Waals surface area contributed by atoms with E-state index in [0.29, 0.717) is 31.0 Å². The van der Waals surface area contributed by atoms with Crippen LogP contribution in [-0.2, 0) is 4.79 Å². The first kappa shape index (κ1) is 20.7. The van der Waals surface area contributed by atoms with Crippen LogP contribution in [-0.4, -0.2) is 49.1 Å². The average molecular weight is 396 g/mol. The molecule has 2 aromatic rings. The van der Waals surface area contributed by atoms with E-state index in [2.05, 4.69) is 5.32 Å². The first-order valence-electron chi connectivity index (χ1n) is 10.1. The Morgan fingerprint density at radius 1 is 1.03 bits per heavy atom. The Kier molecular flexibility index (Phi) is 7.11. The van der Waals surface area contributed by atoms with Gasteiger partial charge in [-0.1, -0.05) is 17.7 Å². The van der Waals surface area contributed by atoms with E-state index >= 15 is 0 Å². The molecule has 1 heterocycles. The molecule has 0 bridgehead atoms. The number of hydrogen-bond donors (Lipinski definition) is 1. The fourth-order valence-electron chi connectivity index (χ4n) is 3.36. The molecule has 3 rings (SSSR count). The quantitative estimate of drug-likeness (QED) is 0.780. The summed E-state index contributed by atoms with van der Waals surface area (Å²) in [5, 5.41) is 3.08. The molecule has 6 nitrogen and oxygen atoms in total. The summed E-state index contributed by atoms with van der Waals surface area (Å²) >= 11 is 0. The normalized spacial score (nSPS) is 14.3. The topological polar surface area (TPSA) is 67.9 Å². The highest BCUT2D eigenvalue weighted by Crippen LogP contribution is 2.18. The van der Waals surface area contributed by atoms with Crippen molar-refractivity contribution in [1.82, 2.24) is 10.2 Å². The van der Waals surface area contributed by atoms with Gasteiger partial charge in [0.2, 0.25) is 0 Å². The minimum absolute atomic E-state index is 0.00823. The van der Waals surface area contributed by atoms with E-state index < -0.39 is 0 Å². The Morgan fingerprint density at radius 2 is 1.69 bits per heavy atom. The van der Waals surface area contributed by atoms with Gasteiger partial charge in [0.15, 0.2) is 6.61 Å². The van der Waals surface area contributed by atoms with Crippen molar-refractivity contribution in [3.8, 4) is 11.5 Å². The van der Waals surface area contributed by atoms with Crippen molar-refractivity contribution in [3.05, 3.63) is 59.7 Å². The summed E-state index contributed by atoms with van der Waals surface area (Å²) in [6.45, 7) is 5.75. The Morgan fingerprint density at radius 3 is 2.31 bits per heavy atom. The van der Waals surface area contributed by atoms with Crippen molar-refractivity contribution in [2.24, 2.45) is 0 Å². The lowest BCUT2D eigenvalue weighted by atomic mass is 10.0. The molecule has 1 N–H and O–H groups in total. The van der Waals surface area contributed by atoms with Crippen molar-refractivity contribution >= 4 is 11.8 Å². The highest BCUT2D eigenvalue weighted by atomic mass is 16.5. The summed E-state index contributed by atoms with van der Waals surface area (Å²) in [5.41, 5.74) is 1.73. The number of aryl methyl sites for hydroxylation is 1. The molecule has 0 unspecified atom stereocenters. The van der Waals surface area contributed by atoms with E-state index in [1.807, 2.05) is 50.2 Å². The number of carbonyl (C=O) groups is 2. The predicted octanol–water partition coefficient (Wildman–Crippen LogP) is 3.19. The van der Waals surface area contributed by atoms with Gasteiger partial charge in [0, 0.05) is 24.7 Å². The SMILES string of the molecule is CCOc1ccc(OCC(=O)N2CCC(NC(=O)c3cccc(C)c3)CC2)cc1.